The molecule has 5 nitrogen and oxygen atoms in total. The molecule has 0 aliphatic carbocycles. The highest BCUT2D eigenvalue weighted by Gasteiger charge is 2.32. The fourth-order valence-corrected chi connectivity index (χ4v) is 3.15. The first kappa shape index (κ1) is 16.1. The number of hydrogen-bond donors (Lipinski definition) is 2. The van der Waals surface area contributed by atoms with Crippen molar-refractivity contribution in [2.45, 2.75) is 12.3 Å². The molecule has 0 bridgehead atoms. The van der Waals surface area contributed by atoms with Gasteiger partial charge in [0.15, 0.2) is 0 Å². The molecule has 2 N–H and O–H groups in total. The van der Waals surface area contributed by atoms with E-state index in [4.69, 9.17) is 0 Å². The first-order valence-electron chi connectivity index (χ1n) is 7.97. The first-order chi connectivity index (χ1) is 12.5. The zero-order valence-electron chi connectivity index (χ0n) is 13.4. The van der Waals surface area contributed by atoms with Crippen molar-refractivity contribution in [2.24, 2.45) is 0 Å². The maximum absolute atomic E-state index is 14.2. The summed E-state index contributed by atoms with van der Waals surface area (Å²) in [6.07, 6.45) is -0.120. The Morgan fingerprint density at radius 1 is 1.04 bits per heavy atom. The number of amides is 1. The molecule has 1 aliphatic heterocycles. The van der Waals surface area contributed by atoms with E-state index in [1.807, 2.05) is 6.07 Å². The van der Waals surface area contributed by atoms with Crippen molar-refractivity contribution < 1.29 is 13.6 Å². The lowest BCUT2D eigenvalue weighted by Gasteiger charge is -2.25. The highest BCUT2D eigenvalue weighted by atomic mass is 19.1. The van der Waals surface area contributed by atoms with Gasteiger partial charge >= 0.3 is 0 Å². The zero-order chi connectivity index (χ0) is 18.3. The zero-order valence-corrected chi connectivity index (χ0v) is 13.4. The Balaban J connectivity index is 1.88. The lowest BCUT2D eigenvalue weighted by Crippen LogP contribution is -2.31. The highest BCUT2D eigenvalue weighted by molar-refractivity contribution is 5.94. The maximum atomic E-state index is 14.2. The van der Waals surface area contributed by atoms with Crippen LogP contribution >= 0.6 is 0 Å². The van der Waals surface area contributed by atoms with Crippen molar-refractivity contribution in [3.05, 3.63) is 81.6 Å². The topological polar surface area (TPSA) is 74.8 Å². The first-order valence-corrected chi connectivity index (χ1v) is 7.97. The molecule has 0 spiro atoms. The van der Waals surface area contributed by atoms with E-state index in [2.05, 4.69) is 15.3 Å². The summed E-state index contributed by atoms with van der Waals surface area (Å²) in [5, 5.41) is 2.57. The van der Waals surface area contributed by atoms with Crippen molar-refractivity contribution in [3.63, 3.8) is 0 Å². The number of nitrogens with zero attached hydrogens (tertiary/aromatic N) is 1. The largest absolute Gasteiger partial charge is 0.310 e. The molecule has 0 unspecified atom stereocenters. The number of nitrogens with one attached hydrogen (secondary N) is 2. The van der Waals surface area contributed by atoms with Gasteiger partial charge in [0.2, 0.25) is 5.91 Å². The summed E-state index contributed by atoms with van der Waals surface area (Å²) in [4.78, 5) is 31.8. The SMILES string of the molecule is O=C1C[C@H](c2ccc(F)cc2F)c2c(nc(-c3ccccc3)[nH]c2=O)N1. The third-order valence-corrected chi connectivity index (χ3v) is 4.34. The number of carbonyl (C=O) groups excluding carboxylic acids is 1. The van der Waals surface area contributed by atoms with Crippen molar-refractivity contribution in [1.82, 2.24) is 9.97 Å². The van der Waals surface area contributed by atoms with Gasteiger partial charge in [-0.15, -0.1) is 0 Å². The van der Waals surface area contributed by atoms with Crippen LogP contribution in [-0.4, -0.2) is 15.9 Å². The third-order valence-electron chi connectivity index (χ3n) is 4.34. The average Bonchev–Trinajstić information content (AvgIpc) is 2.61. The number of rotatable bonds is 2. The summed E-state index contributed by atoms with van der Waals surface area (Å²) in [6.45, 7) is 0. The van der Waals surface area contributed by atoms with Crippen LogP contribution in [-0.2, 0) is 4.79 Å². The Kier molecular flexibility index (Phi) is 3.84. The quantitative estimate of drug-likeness (QED) is 0.743. The van der Waals surface area contributed by atoms with Crippen LogP contribution in [0, 0.1) is 11.6 Å². The van der Waals surface area contributed by atoms with Crippen LogP contribution in [0.5, 0.6) is 0 Å². The molecule has 1 aromatic heterocycles. The molecule has 2 heterocycles. The molecule has 2 aromatic carbocycles. The number of benzene rings is 2. The highest BCUT2D eigenvalue weighted by Crippen LogP contribution is 2.35. The maximum Gasteiger partial charge on any atom is 0.257 e. The van der Waals surface area contributed by atoms with E-state index in [1.165, 1.54) is 6.07 Å². The van der Waals surface area contributed by atoms with Gasteiger partial charge in [0.05, 0.1) is 5.56 Å². The molecule has 0 saturated heterocycles. The Morgan fingerprint density at radius 3 is 2.54 bits per heavy atom. The van der Waals surface area contributed by atoms with Gasteiger partial charge in [0.25, 0.3) is 5.56 Å². The minimum atomic E-state index is -0.833. The van der Waals surface area contributed by atoms with Crippen LogP contribution in [0.25, 0.3) is 11.4 Å². The van der Waals surface area contributed by atoms with E-state index in [0.29, 0.717) is 11.4 Å². The van der Waals surface area contributed by atoms with Gasteiger partial charge in [-0.05, 0) is 11.6 Å². The molecule has 1 amide bonds. The predicted octanol–water partition coefficient (Wildman–Crippen LogP) is 3.19. The van der Waals surface area contributed by atoms with Crippen molar-refractivity contribution in [2.75, 3.05) is 5.32 Å². The van der Waals surface area contributed by atoms with Gasteiger partial charge in [-0.3, -0.25) is 9.59 Å². The van der Waals surface area contributed by atoms with Gasteiger partial charge in [-0.25, -0.2) is 13.8 Å². The lowest BCUT2D eigenvalue weighted by atomic mass is 9.86. The third kappa shape index (κ3) is 2.77. The fourth-order valence-electron chi connectivity index (χ4n) is 3.15. The molecule has 1 aliphatic rings. The molecule has 0 radical (unpaired) electrons. The van der Waals surface area contributed by atoms with Crippen LogP contribution in [0.2, 0.25) is 0 Å². The molecular formula is C19H13F2N3O2. The number of aromatic nitrogens is 2. The smallest absolute Gasteiger partial charge is 0.257 e. The minimum absolute atomic E-state index is 0.0854. The second-order valence-corrected chi connectivity index (χ2v) is 6.01. The summed E-state index contributed by atoms with van der Waals surface area (Å²) in [5.41, 5.74) is 0.455. The number of H-pyrrole nitrogens is 1. The number of hydrogen-bond acceptors (Lipinski definition) is 3. The van der Waals surface area contributed by atoms with Crippen LogP contribution in [0.15, 0.2) is 53.3 Å². The van der Waals surface area contributed by atoms with Crippen molar-refractivity contribution in [1.29, 1.82) is 0 Å². The molecule has 3 aromatic rings. The number of fused-ring (bicyclic) bond motifs is 1. The van der Waals surface area contributed by atoms with Crippen molar-refractivity contribution in [3.8, 4) is 11.4 Å². The molecule has 0 saturated carbocycles. The van der Waals surface area contributed by atoms with Crippen LogP contribution < -0.4 is 10.9 Å². The van der Waals surface area contributed by atoms with E-state index in [0.717, 1.165) is 12.1 Å². The van der Waals surface area contributed by atoms with Gasteiger partial charge in [0.1, 0.15) is 23.3 Å². The molecule has 0 fully saturated rings. The van der Waals surface area contributed by atoms with Crippen LogP contribution in [0.1, 0.15) is 23.5 Å². The molecule has 4 rings (SSSR count). The molecule has 130 valence electrons. The van der Waals surface area contributed by atoms with E-state index in [-0.39, 0.29) is 29.3 Å². The standard InChI is InChI=1S/C19H13F2N3O2/c20-11-6-7-12(14(21)8-11)13-9-15(25)22-18-16(13)19(26)24-17(23-18)10-4-2-1-3-5-10/h1-8,13H,9H2,(H2,22,23,24,25,26)/t13-/m1/s1. The molecular weight excluding hydrogens is 340 g/mol. The Bertz CT molecular complexity index is 1060. The number of anilines is 1. The normalized spacial score (nSPS) is 16.1. The van der Waals surface area contributed by atoms with Crippen molar-refractivity contribution >= 4 is 11.7 Å². The monoisotopic (exact) mass is 353 g/mol. The number of halogens is 2. The van der Waals surface area contributed by atoms with E-state index < -0.39 is 23.1 Å². The second-order valence-electron chi connectivity index (χ2n) is 6.01. The van der Waals surface area contributed by atoms with Gasteiger partial charge in [0, 0.05) is 24.0 Å². The summed E-state index contributed by atoms with van der Waals surface area (Å²) in [5.74, 6) is -2.35. The molecule has 26 heavy (non-hydrogen) atoms. The lowest BCUT2D eigenvalue weighted by molar-refractivity contribution is -0.116. The Labute approximate surface area is 146 Å². The number of aromatic amines is 1. The number of carbonyl (C=O) groups is 1. The molecule has 1 atom stereocenters. The summed E-state index contributed by atoms with van der Waals surface area (Å²) in [7, 11) is 0. The van der Waals surface area contributed by atoms with Gasteiger partial charge in [-0.1, -0.05) is 36.4 Å². The fraction of sp³-hybridized carbons (Fsp3) is 0.105. The predicted molar refractivity (Wildman–Crippen MR) is 91.7 cm³/mol. The summed E-state index contributed by atoms with van der Waals surface area (Å²) in [6, 6.07) is 12.1. The van der Waals surface area contributed by atoms with Crippen LogP contribution in [0.4, 0.5) is 14.6 Å². The van der Waals surface area contributed by atoms with E-state index in [9.17, 15) is 18.4 Å². The Hall–Kier alpha value is -3.35. The van der Waals surface area contributed by atoms with E-state index >= 15 is 0 Å². The summed E-state index contributed by atoms with van der Waals surface area (Å²) < 4.78 is 27.4. The summed E-state index contributed by atoms with van der Waals surface area (Å²) >= 11 is 0. The second kappa shape index (κ2) is 6.18. The van der Waals surface area contributed by atoms with E-state index in [1.54, 1.807) is 24.3 Å². The van der Waals surface area contributed by atoms with Gasteiger partial charge in [-0.2, -0.15) is 0 Å². The Morgan fingerprint density at radius 2 is 1.81 bits per heavy atom. The minimum Gasteiger partial charge on any atom is -0.310 e. The van der Waals surface area contributed by atoms with Gasteiger partial charge < -0.3 is 10.3 Å². The van der Waals surface area contributed by atoms with Crippen LogP contribution in [0.3, 0.4) is 0 Å². The molecule has 7 heteroatoms. The average molecular weight is 353 g/mol.